The Labute approximate surface area is 354 Å². The minimum Gasteiger partial charge on any atom is -0.469 e. The molecule has 0 amide bonds. The standard InChI is InChI=1S/C46H66N4O8S/c1-7-10-11-14-28-50(44-49-38-15-12-13-16-39(38)59-44)48-30-35-29-36(46(5,27-8-2)57-42(53)33-21-23-34(24-22-33)43(54)58-47)25-26-37(35)45(4,9-3)56-41(52)32-19-17-31(18-20-32)40(51)55-6/h12-13,15-16,25-26,29,31-34,48H,7-11,14,17-24,27-28,30,47H2,1-6H3. The zero-order chi connectivity index (χ0) is 42.6. The zero-order valence-corrected chi connectivity index (χ0v) is 36.8. The molecule has 0 bridgehead atoms. The number of rotatable bonds is 20. The van der Waals surface area contributed by atoms with Crippen LogP contribution in [0.2, 0.25) is 0 Å². The van der Waals surface area contributed by atoms with Crippen molar-refractivity contribution in [3.63, 3.8) is 0 Å². The van der Waals surface area contributed by atoms with Crippen molar-refractivity contribution in [2.75, 3.05) is 18.7 Å². The SMILES string of the molecule is CCCCCCN(NCc1cc(C(C)(CCC)OC(=O)C2CCC(C(=O)ON)CC2)ccc1C(C)(CC)OC(=O)C1CCC(C(=O)OC)CC1)c1nc2ccccc2s1. The summed E-state index contributed by atoms with van der Waals surface area (Å²) in [5.74, 6) is 2.83. The summed E-state index contributed by atoms with van der Waals surface area (Å²) in [6.07, 6.45) is 10.7. The molecule has 5 rings (SSSR count). The molecule has 2 atom stereocenters. The fourth-order valence-corrected chi connectivity index (χ4v) is 9.70. The molecule has 2 aliphatic rings. The summed E-state index contributed by atoms with van der Waals surface area (Å²) in [5, 5.41) is 3.03. The highest BCUT2D eigenvalue weighted by molar-refractivity contribution is 7.22. The number of benzene rings is 2. The average molecular weight is 835 g/mol. The number of nitrogens with zero attached hydrogens (tertiary/aromatic N) is 2. The van der Waals surface area contributed by atoms with Crippen LogP contribution in [0.5, 0.6) is 0 Å². The van der Waals surface area contributed by atoms with Gasteiger partial charge in [-0.1, -0.05) is 88.1 Å². The molecule has 12 nitrogen and oxygen atoms in total. The van der Waals surface area contributed by atoms with Gasteiger partial charge in [0.2, 0.25) is 5.13 Å². The topological polar surface area (TPSA) is 159 Å². The molecule has 2 fully saturated rings. The Morgan fingerprint density at radius 1 is 0.780 bits per heavy atom. The van der Waals surface area contributed by atoms with E-state index in [2.05, 4.69) is 41.3 Å². The third-order valence-corrected chi connectivity index (χ3v) is 13.7. The summed E-state index contributed by atoms with van der Waals surface area (Å²) < 4.78 is 19.1. The van der Waals surface area contributed by atoms with Crippen LogP contribution in [0.1, 0.15) is 148 Å². The number of anilines is 1. The molecule has 0 radical (unpaired) electrons. The number of hydrogen-bond acceptors (Lipinski definition) is 13. The minimum absolute atomic E-state index is 0.191. The Kier molecular flexibility index (Phi) is 16.7. The number of methoxy groups -OCH3 is 1. The zero-order valence-electron chi connectivity index (χ0n) is 36.0. The van der Waals surface area contributed by atoms with Gasteiger partial charge in [0.15, 0.2) is 0 Å². The van der Waals surface area contributed by atoms with E-state index in [1.54, 1.807) is 11.3 Å². The molecule has 3 N–H and O–H groups in total. The van der Waals surface area contributed by atoms with Crippen LogP contribution in [0.3, 0.4) is 0 Å². The van der Waals surface area contributed by atoms with Crippen LogP contribution in [0, 0.1) is 23.7 Å². The highest BCUT2D eigenvalue weighted by Gasteiger charge is 2.40. The summed E-state index contributed by atoms with van der Waals surface area (Å²) in [5.41, 5.74) is 5.43. The summed E-state index contributed by atoms with van der Waals surface area (Å²) in [6, 6.07) is 14.3. The van der Waals surface area contributed by atoms with Crippen LogP contribution in [0.4, 0.5) is 5.13 Å². The van der Waals surface area contributed by atoms with Crippen molar-refractivity contribution in [2.24, 2.45) is 29.6 Å². The monoisotopic (exact) mass is 834 g/mol. The lowest BCUT2D eigenvalue weighted by atomic mass is 9.81. The Hall–Kier alpha value is -4.07. The van der Waals surface area contributed by atoms with Gasteiger partial charge in [-0.25, -0.2) is 10.4 Å². The molecule has 2 aromatic carbocycles. The quantitative estimate of drug-likeness (QED) is 0.0482. The van der Waals surface area contributed by atoms with E-state index in [0.29, 0.717) is 70.8 Å². The Bertz CT molecular complexity index is 1840. The van der Waals surface area contributed by atoms with Crippen LogP contribution < -0.4 is 16.3 Å². The van der Waals surface area contributed by atoms with E-state index in [1.807, 2.05) is 51.1 Å². The number of unbranched alkanes of at least 4 members (excludes halogenated alkanes) is 3. The summed E-state index contributed by atoms with van der Waals surface area (Å²) in [6.45, 7) is 11.4. The number of hydrogen-bond donors (Lipinski definition) is 2. The first-order valence-corrected chi connectivity index (χ1v) is 22.6. The number of esters is 3. The molecular formula is C46H66N4O8S. The Balaban J connectivity index is 1.46. The van der Waals surface area contributed by atoms with Crippen molar-refractivity contribution < 1.29 is 38.2 Å². The highest BCUT2D eigenvalue weighted by Crippen LogP contribution is 2.41. The van der Waals surface area contributed by atoms with Gasteiger partial charge >= 0.3 is 23.9 Å². The second-order valence-electron chi connectivity index (χ2n) is 16.8. The van der Waals surface area contributed by atoms with Crippen molar-refractivity contribution in [1.29, 1.82) is 0 Å². The predicted octanol–water partition coefficient (Wildman–Crippen LogP) is 9.32. The molecule has 2 saturated carbocycles. The van der Waals surface area contributed by atoms with Crippen molar-refractivity contribution in [1.82, 2.24) is 10.4 Å². The Morgan fingerprint density at radius 3 is 1.93 bits per heavy atom. The number of aromatic nitrogens is 1. The number of carbonyl (C=O) groups is 4. The van der Waals surface area contributed by atoms with Gasteiger partial charge in [-0.2, -0.15) is 5.90 Å². The Morgan fingerprint density at radius 2 is 1.37 bits per heavy atom. The molecule has 3 aromatic rings. The number of carbonyl (C=O) groups excluding carboxylic acids is 4. The number of nitrogens with one attached hydrogen (secondary N) is 1. The van der Waals surface area contributed by atoms with E-state index in [1.165, 1.54) is 7.11 Å². The van der Waals surface area contributed by atoms with Crippen LogP contribution in [0.25, 0.3) is 10.2 Å². The number of hydrazine groups is 1. The maximum atomic E-state index is 13.9. The lowest BCUT2D eigenvalue weighted by Crippen LogP contribution is -2.40. The second-order valence-corrected chi connectivity index (χ2v) is 17.9. The first-order chi connectivity index (χ1) is 28.4. The van der Waals surface area contributed by atoms with E-state index in [9.17, 15) is 19.2 Å². The van der Waals surface area contributed by atoms with E-state index in [4.69, 9.17) is 25.1 Å². The summed E-state index contributed by atoms with van der Waals surface area (Å²) >= 11 is 1.65. The van der Waals surface area contributed by atoms with E-state index < -0.39 is 17.2 Å². The van der Waals surface area contributed by atoms with Crippen LogP contribution in [-0.2, 0) is 56.0 Å². The molecule has 2 unspecified atom stereocenters. The van der Waals surface area contributed by atoms with Gasteiger partial charge in [-0.15, -0.1) is 0 Å². The van der Waals surface area contributed by atoms with Gasteiger partial charge < -0.3 is 19.0 Å². The first kappa shape index (κ1) is 46.0. The highest BCUT2D eigenvalue weighted by atomic mass is 32.1. The largest absolute Gasteiger partial charge is 0.469 e. The van der Waals surface area contributed by atoms with Gasteiger partial charge in [0.25, 0.3) is 0 Å². The van der Waals surface area contributed by atoms with Crippen molar-refractivity contribution >= 4 is 50.6 Å². The van der Waals surface area contributed by atoms with Crippen molar-refractivity contribution in [2.45, 2.75) is 149 Å². The first-order valence-electron chi connectivity index (χ1n) is 21.8. The van der Waals surface area contributed by atoms with Gasteiger partial charge in [-0.05, 0) is 113 Å². The smallest absolute Gasteiger partial charge is 0.327 e. The van der Waals surface area contributed by atoms with Gasteiger partial charge in [0, 0.05) is 13.1 Å². The molecule has 1 aromatic heterocycles. The fourth-order valence-electron chi connectivity index (χ4n) is 8.73. The minimum atomic E-state index is -0.963. The third kappa shape index (κ3) is 11.6. The predicted molar refractivity (Wildman–Crippen MR) is 230 cm³/mol. The maximum absolute atomic E-state index is 13.9. The molecule has 13 heteroatoms. The second kappa shape index (κ2) is 21.4. The molecule has 2 aliphatic carbocycles. The number of ether oxygens (including phenoxy) is 3. The van der Waals surface area contributed by atoms with E-state index in [0.717, 1.165) is 70.7 Å². The van der Waals surface area contributed by atoms with E-state index >= 15 is 0 Å². The van der Waals surface area contributed by atoms with Crippen LogP contribution >= 0.6 is 11.3 Å². The molecular weight excluding hydrogens is 769 g/mol. The number of thiazole rings is 1. The number of fused-ring (bicyclic) bond motifs is 1. The van der Waals surface area contributed by atoms with Crippen LogP contribution in [0.15, 0.2) is 42.5 Å². The summed E-state index contributed by atoms with van der Waals surface area (Å²) in [7, 11) is 1.41. The third-order valence-electron chi connectivity index (χ3n) is 12.7. The van der Waals surface area contributed by atoms with E-state index in [-0.39, 0.29) is 41.6 Å². The number of nitrogens with two attached hydrogens (primary N) is 1. The van der Waals surface area contributed by atoms with Crippen molar-refractivity contribution in [3.8, 4) is 0 Å². The summed E-state index contributed by atoms with van der Waals surface area (Å²) in [4.78, 5) is 61.5. The van der Waals surface area contributed by atoms with Gasteiger partial charge in [-0.3, -0.25) is 24.2 Å². The van der Waals surface area contributed by atoms with Gasteiger partial charge in [0.05, 0.1) is 41.0 Å². The molecule has 0 saturated heterocycles. The fraction of sp³-hybridized carbons (Fsp3) is 0.630. The molecule has 0 spiro atoms. The number of para-hydroxylation sites is 1. The molecule has 324 valence electrons. The average Bonchev–Trinajstić information content (AvgIpc) is 3.70. The molecule has 59 heavy (non-hydrogen) atoms. The van der Waals surface area contributed by atoms with Crippen molar-refractivity contribution in [3.05, 3.63) is 59.2 Å². The molecule has 0 aliphatic heterocycles. The maximum Gasteiger partial charge on any atom is 0.327 e. The normalized spacial score (nSPS) is 21.5. The molecule has 1 heterocycles. The van der Waals surface area contributed by atoms with Crippen LogP contribution in [-0.4, -0.2) is 42.5 Å². The van der Waals surface area contributed by atoms with Gasteiger partial charge in [0.1, 0.15) is 11.2 Å². The lowest BCUT2D eigenvalue weighted by Gasteiger charge is -2.36. The lowest BCUT2D eigenvalue weighted by molar-refractivity contribution is -0.169.